The minimum Gasteiger partial charge on any atom is -0.504 e. The second-order valence-electron chi connectivity index (χ2n) is 6.70. The van der Waals surface area contributed by atoms with Gasteiger partial charge in [-0.2, -0.15) is 0 Å². The molecule has 7 heteroatoms. The van der Waals surface area contributed by atoms with Crippen LogP contribution in [0.4, 0.5) is 5.82 Å². The summed E-state index contributed by atoms with van der Waals surface area (Å²) in [7, 11) is 3.20. The average molecular weight is 417 g/mol. The van der Waals surface area contributed by atoms with Gasteiger partial charge in [-0.05, 0) is 61.0 Å². The molecule has 0 saturated carbocycles. The zero-order chi connectivity index (χ0) is 21.8. The number of pyridine rings is 1. The quantitative estimate of drug-likeness (QED) is 0.434. The third-order valence-electron chi connectivity index (χ3n) is 4.78. The first-order valence-electron chi connectivity index (χ1n) is 9.84. The summed E-state index contributed by atoms with van der Waals surface area (Å²) in [5, 5.41) is 10.1. The van der Waals surface area contributed by atoms with E-state index >= 15 is 0 Å². The maximum absolute atomic E-state index is 10.1. The van der Waals surface area contributed by atoms with Crippen molar-refractivity contribution in [2.75, 3.05) is 20.8 Å². The molecule has 0 atom stereocenters. The molecule has 0 fully saturated rings. The lowest BCUT2D eigenvalue weighted by Gasteiger charge is -2.08. The van der Waals surface area contributed by atoms with Crippen molar-refractivity contribution in [2.24, 2.45) is 4.99 Å². The van der Waals surface area contributed by atoms with Gasteiger partial charge in [-0.25, -0.2) is 9.98 Å². The van der Waals surface area contributed by atoms with Gasteiger partial charge in [-0.3, -0.25) is 4.40 Å². The summed E-state index contributed by atoms with van der Waals surface area (Å²) in [4.78, 5) is 9.50. The molecule has 0 unspecified atom stereocenters. The number of phenols is 1. The van der Waals surface area contributed by atoms with Gasteiger partial charge in [-0.15, -0.1) is 0 Å². The van der Waals surface area contributed by atoms with Crippen LogP contribution in [-0.4, -0.2) is 41.5 Å². The molecule has 158 valence electrons. The summed E-state index contributed by atoms with van der Waals surface area (Å²) in [5.74, 6) is 2.45. The van der Waals surface area contributed by atoms with E-state index in [0.29, 0.717) is 35.4 Å². The van der Waals surface area contributed by atoms with Crippen molar-refractivity contribution >= 4 is 17.7 Å². The predicted octanol–water partition coefficient (Wildman–Crippen LogP) is 4.87. The fraction of sp³-hybridized carbons (Fsp3) is 0.167. The number of methoxy groups -OCH3 is 2. The number of ether oxygens (including phenoxy) is 3. The number of hydrogen-bond donors (Lipinski definition) is 1. The second-order valence-corrected chi connectivity index (χ2v) is 6.70. The molecule has 0 radical (unpaired) electrons. The van der Waals surface area contributed by atoms with Crippen LogP contribution in [0.15, 0.2) is 65.8 Å². The molecule has 0 bridgehead atoms. The smallest absolute Gasteiger partial charge is 0.165 e. The highest BCUT2D eigenvalue weighted by Gasteiger charge is 2.15. The molecule has 0 aliphatic heterocycles. The minimum atomic E-state index is 0.0877. The van der Waals surface area contributed by atoms with Crippen LogP contribution in [0.3, 0.4) is 0 Å². The minimum absolute atomic E-state index is 0.0877. The Bertz CT molecular complexity index is 1250. The molecular weight excluding hydrogens is 394 g/mol. The van der Waals surface area contributed by atoms with E-state index < -0.39 is 0 Å². The number of imidazole rings is 1. The van der Waals surface area contributed by atoms with Gasteiger partial charge in [0.1, 0.15) is 11.3 Å². The van der Waals surface area contributed by atoms with E-state index in [0.717, 1.165) is 16.8 Å². The number of aromatic hydroxyl groups is 1. The number of nitrogens with zero attached hydrogens (tertiary/aromatic N) is 3. The van der Waals surface area contributed by atoms with Crippen molar-refractivity contribution in [3.8, 4) is 34.3 Å². The summed E-state index contributed by atoms with van der Waals surface area (Å²) < 4.78 is 18.1. The number of hydrogen-bond acceptors (Lipinski definition) is 6. The van der Waals surface area contributed by atoms with Gasteiger partial charge in [0.25, 0.3) is 0 Å². The Morgan fingerprint density at radius 2 is 1.84 bits per heavy atom. The number of phenolic OH excluding ortho intramolecular Hbond substituents is 1. The highest BCUT2D eigenvalue weighted by atomic mass is 16.5. The number of fused-ring (bicyclic) bond motifs is 1. The fourth-order valence-corrected chi connectivity index (χ4v) is 3.30. The summed E-state index contributed by atoms with van der Waals surface area (Å²) in [6.07, 6.45) is 3.67. The zero-order valence-corrected chi connectivity index (χ0v) is 17.6. The van der Waals surface area contributed by atoms with Crippen molar-refractivity contribution in [1.29, 1.82) is 0 Å². The number of rotatable bonds is 7. The number of aliphatic imine (C=N–C) groups is 1. The van der Waals surface area contributed by atoms with E-state index in [2.05, 4.69) is 0 Å². The van der Waals surface area contributed by atoms with Crippen molar-refractivity contribution in [1.82, 2.24) is 9.38 Å². The summed E-state index contributed by atoms with van der Waals surface area (Å²) in [6, 6.07) is 16.6. The highest BCUT2D eigenvalue weighted by Crippen LogP contribution is 2.36. The molecule has 2 heterocycles. The van der Waals surface area contributed by atoms with Crippen molar-refractivity contribution in [2.45, 2.75) is 6.92 Å². The van der Waals surface area contributed by atoms with Gasteiger partial charge in [-0.1, -0.05) is 6.07 Å². The second kappa shape index (κ2) is 8.79. The summed E-state index contributed by atoms with van der Waals surface area (Å²) in [6.45, 7) is 2.32. The van der Waals surface area contributed by atoms with E-state index in [4.69, 9.17) is 24.2 Å². The Morgan fingerprint density at radius 1 is 1.00 bits per heavy atom. The van der Waals surface area contributed by atoms with Crippen LogP contribution >= 0.6 is 0 Å². The SMILES string of the molecule is CCOc1cc(-c2nc3ccccn3c2N=Cc2ccc(OC)c(OC)c2)ccc1O. The predicted molar refractivity (Wildman–Crippen MR) is 120 cm³/mol. The fourth-order valence-electron chi connectivity index (χ4n) is 3.30. The van der Waals surface area contributed by atoms with Gasteiger partial charge in [0.05, 0.1) is 20.8 Å². The average Bonchev–Trinajstić information content (AvgIpc) is 3.17. The highest BCUT2D eigenvalue weighted by molar-refractivity contribution is 5.86. The molecule has 1 N–H and O–H groups in total. The molecule has 0 spiro atoms. The first kappa shape index (κ1) is 20.3. The molecule has 7 nitrogen and oxygen atoms in total. The first-order chi connectivity index (χ1) is 15.1. The van der Waals surface area contributed by atoms with Gasteiger partial charge in [0.2, 0.25) is 0 Å². The van der Waals surface area contributed by atoms with Crippen LogP contribution in [0, 0.1) is 0 Å². The molecule has 31 heavy (non-hydrogen) atoms. The molecule has 0 aliphatic rings. The van der Waals surface area contributed by atoms with E-state index in [9.17, 15) is 5.11 Å². The summed E-state index contributed by atoms with van der Waals surface area (Å²) in [5.41, 5.74) is 3.10. The molecule has 0 aliphatic carbocycles. The molecule has 2 aromatic heterocycles. The molecule has 0 saturated heterocycles. The van der Waals surface area contributed by atoms with Crippen LogP contribution in [0.25, 0.3) is 16.9 Å². The maximum atomic E-state index is 10.1. The largest absolute Gasteiger partial charge is 0.504 e. The third kappa shape index (κ3) is 4.02. The molecule has 0 amide bonds. The Labute approximate surface area is 180 Å². The normalized spacial score (nSPS) is 11.2. The number of aromatic nitrogens is 2. The van der Waals surface area contributed by atoms with Crippen LogP contribution in [0.5, 0.6) is 23.0 Å². The topological polar surface area (TPSA) is 77.6 Å². The molecule has 4 rings (SSSR count). The molecular formula is C24H23N3O4. The monoisotopic (exact) mass is 417 g/mol. The third-order valence-corrected chi connectivity index (χ3v) is 4.78. The van der Waals surface area contributed by atoms with Gasteiger partial charge < -0.3 is 19.3 Å². The zero-order valence-electron chi connectivity index (χ0n) is 17.6. The van der Waals surface area contributed by atoms with E-state index in [-0.39, 0.29) is 5.75 Å². The first-order valence-corrected chi connectivity index (χ1v) is 9.84. The Balaban J connectivity index is 1.81. The van der Waals surface area contributed by atoms with Crippen molar-refractivity contribution in [3.63, 3.8) is 0 Å². The number of benzene rings is 2. The van der Waals surface area contributed by atoms with Gasteiger partial charge >= 0.3 is 0 Å². The van der Waals surface area contributed by atoms with Crippen LogP contribution in [0.1, 0.15) is 12.5 Å². The summed E-state index contributed by atoms with van der Waals surface area (Å²) >= 11 is 0. The van der Waals surface area contributed by atoms with E-state index in [1.807, 2.05) is 53.9 Å². The van der Waals surface area contributed by atoms with Crippen LogP contribution in [0.2, 0.25) is 0 Å². The van der Waals surface area contributed by atoms with E-state index in [1.165, 1.54) is 0 Å². The lowest BCUT2D eigenvalue weighted by molar-refractivity contribution is 0.318. The van der Waals surface area contributed by atoms with Crippen LogP contribution in [-0.2, 0) is 0 Å². The standard InChI is InChI=1S/C24H23N3O4/c1-4-31-20-14-17(9-10-18(20)28)23-24(27-12-6-5-7-22(27)26-23)25-15-16-8-11-19(29-2)21(13-16)30-3/h5-15,28H,4H2,1-3H3. The Hall–Kier alpha value is -4.00. The van der Waals surface area contributed by atoms with Gasteiger partial charge in [0.15, 0.2) is 28.8 Å². The van der Waals surface area contributed by atoms with Crippen molar-refractivity contribution < 1.29 is 19.3 Å². The lowest BCUT2D eigenvalue weighted by atomic mass is 10.1. The maximum Gasteiger partial charge on any atom is 0.165 e. The van der Waals surface area contributed by atoms with E-state index in [1.54, 1.807) is 38.6 Å². The van der Waals surface area contributed by atoms with Gasteiger partial charge in [0, 0.05) is 18.0 Å². The van der Waals surface area contributed by atoms with Crippen LogP contribution < -0.4 is 14.2 Å². The molecule has 4 aromatic rings. The lowest BCUT2D eigenvalue weighted by Crippen LogP contribution is -1.93. The molecule has 2 aromatic carbocycles. The Morgan fingerprint density at radius 3 is 2.61 bits per heavy atom. The Kier molecular flexibility index (Phi) is 5.75. The van der Waals surface area contributed by atoms with Crippen molar-refractivity contribution in [3.05, 3.63) is 66.4 Å².